The number of aromatic carboxylic acids is 1. The molecule has 2 aromatic carbocycles. The monoisotopic (exact) mass is 395 g/mol. The molecule has 0 unspecified atom stereocenters. The summed E-state index contributed by atoms with van der Waals surface area (Å²) in [5.41, 5.74) is 1.16. The molecule has 0 amide bonds. The van der Waals surface area contributed by atoms with Crippen LogP contribution in [-0.2, 0) is 6.67 Å². The van der Waals surface area contributed by atoms with Crippen molar-refractivity contribution in [2.75, 3.05) is 5.32 Å². The van der Waals surface area contributed by atoms with E-state index in [1.807, 2.05) is 0 Å². The summed E-state index contributed by atoms with van der Waals surface area (Å²) < 4.78 is 6.87. The van der Waals surface area contributed by atoms with E-state index in [9.17, 15) is 9.90 Å². The first-order valence-corrected chi connectivity index (χ1v) is 8.21. The quantitative estimate of drug-likeness (QED) is 0.595. The molecular formula is C16H11Cl2N3O3S. The zero-order valence-electron chi connectivity index (χ0n) is 12.6. The molecule has 0 saturated carbocycles. The van der Waals surface area contributed by atoms with Crippen LogP contribution >= 0.6 is 35.4 Å². The minimum absolute atomic E-state index is 0.126. The highest BCUT2D eigenvalue weighted by Gasteiger charge is 2.13. The maximum atomic E-state index is 11.2. The molecule has 0 aliphatic carbocycles. The number of para-hydroxylation sites is 1. The fourth-order valence-electron chi connectivity index (χ4n) is 2.16. The number of aromatic nitrogens is 2. The van der Waals surface area contributed by atoms with Gasteiger partial charge in [0, 0.05) is 5.02 Å². The summed E-state index contributed by atoms with van der Waals surface area (Å²) in [6.45, 7) is 0.137. The Morgan fingerprint density at radius 3 is 2.76 bits per heavy atom. The third-order valence-corrected chi connectivity index (χ3v) is 4.19. The second-order valence-electron chi connectivity index (χ2n) is 4.98. The summed E-state index contributed by atoms with van der Waals surface area (Å²) in [7, 11) is 0. The van der Waals surface area contributed by atoms with Gasteiger partial charge < -0.3 is 14.8 Å². The Labute approximate surface area is 157 Å². The van der Waals surface area contributed by atoms with E-state index in [1.165, 1.54) is 10.7 Å². The summed E-state index contributed by atoms with van der Waals surface area (Å²) in [6.07, 6.45) is 0. The fourth-order valence-corrected chi connectivity index (χ4v) is 2.84. The first kappa shape index (κ1) is 17.5. The normalized spacial score (nSPS) is 10.6. The van der Waals surface area contributed by atoms with Gasteiger partial charge in [-0.15, -0.1) is 5.10 Å². The molecule has 0 radical (unpaired) electrons. The molecule has 0 atom stereocenters. The predicted octanol–water partition coefficient (Wildman–Crippen LogP) is 4.95. The maximum absolute atomic E-state index is 11.2. The van der Waals surface area contributed by atoms with E-state index in [1.54, 1.807) is 36.4 Å². The van der Waals surface area contributed by atoms with Crippen molar-refractivity contribution in [3.05, 3.63) is 62.9 Å². The van der Waals surface area contributed by atoms with Gasteiger partial charge in [-0.25, -0.2) is 9.48 Å². The van der Waals surface area contributed by atoms with Crippen LogP contribution in [0.25, 0.3) is 11.5 Å². The molecular weight excluding hydrogens is 385 g/mol. The lowest BCUT2D eigenvalue weighted by Crippen LogP contribution is -2.12. The van der Waals surface area contributed by atoms with Crippen LogP contribution in [0.5, 0.6) is 0 Å². The van der Waals surface area contributed by atoms with Crippen molar-refractivity contribution in [1.29, 1.82) is 0 Å². The van der Waals surface area contributed by atoms with Gasteiger partial charge in [-0.3, -0.25) is 0 Å². The molecule has 1 heterocycles. The van der Waals surface area contributed by atoms with E-state index in [0.717, 1.165) is 0 Å². The number of carbonyl (C=O) groups is 1. The molecule has 3 aromatic rings. The minimum Gasteiger partial charge on any atom is -0.478 e. The number of carboxylic acids is 1. The summed E-state index contributed by atoms with van der Waals surface area (Å²) in [6, 6.07) is 11.5. The number of hydrogen-bond acceptors (Lipinski definition) is 5. The van der Waals surface area contributed by atoms with Crippen molar-refractivity contribution in [2.45, 2.75) is 6.67 Å². The number of anilines is 1. The summed E-state index contributed by atoms with van der Waals surface area (Å²) in [5, 5.41) is 17.3. The third kappa shape index (κ3) is 3.84. The molecule has 3 rings (SSSR count). The molecule has 0 bridgehead atoms. The third-order valence-electron chi connectivity index (χ3n) is 3.34. The second-order valence-corrected chi connectivity index (χ2v) is 6.18. The van der Waals surface area contributed by atoms with Crippen LogP contribution in [0.4, 0.5) is 5.69 Å². The van der Waals surface area contributed by atoms with Gasteiger partial charge in [-0.1, -0.05) is 35.3 Å². The van der Waals surface area contributed by atoms with Gasteiger partial charge in [0.1, 0.15) is 6.67 Å². The average Bonchev–Trinajstić information content (AvgIpc) is 2.93. The first-order valence-electron chi connectivity index (χ1n) is 7.05. The zero-order valence-corrected chi connectivity index (χ0v) is 14.9. The van der Waals surface area contributed by atoms with Gasteiger partial charge in [-0.2, -0.15) is 0 Å². The lowest BCUT2D eigenvalue weighted by atomic mass is 10.2. The Balaban J connectivity index is 1.85. The van der Waals surface area contributed by atoms with Gasteiger partial charge in [0.25, 0.3) is 4.84 Å². The highest BCUT2D eigenvalue weighted by molar-refractivity contribution is 7.71. The van der Waals surface area contributed by atoms with Crippen molar-refractivity contribution >= 4 is 47.1 Å². The number of nitrogens with zero attached hydrogens (tertiary/aromatic N) is 2. The van der Waals surface area contributed by atoms with Gasteiger partial charge in [0.05, 0.1) is 21.8 Å². The number of hydrogen-bond donors (Lipinski definition) is 2. The van der Waals surface area contributed by atoms with Crippen molar-refractivity contribution in [3.8, 4) is 11.5 Å². The van der Waals surface area contributed by atoms with Crippen molar-refractivity contribution in [2.24, 2.45) is 0 Å². The van der Waals surface area contributed by atoms with E-state index in [0.29, 0.717) is 21.3 Å². The SMILES string of the molecule is O=C(O)c1ccccc1NCn1nc(-c2ccc(Cl)cc2Cl)oc1=S. The molecule has 0 fully saturated rings. The van der Waals surface area contributed by atoms with E-state index < -0.39 is 5.97 Å². The molecule has 128 valence electrons. The maximum Gasteiger partial charge on any atom is 0.337 e. The highest BCUT2D eigenvalue weighted by Crippen LogP contribution is 2.29. The summed E-state index contributed by atoms with van der Waals surface area (Å²) in [5.74, 6) is -0.777. The Bertz CT molecular complexity index is 1000. The molecule has 0 aliphatic rings. The second kappa shape index (κ2) is 7.26. The van der Waals surface area contributed by atoms with Crippen LogP contribution in [0.2, 0.25) is 10.0 Å². The number of nitrogens with one attached hydrogen (secondary N) is 1. The van der Waals surface area contributed by atoms with Crippen molar-refractivity contribution in [1.82, 2.24) is 9.78 Å². The number of halogens is 2. The molecule has 9 heteroatoms. The smallest absolute Gasteiger partial charge is 0.337 e. The Morgan fingerprint density at radius 1 is 1.28 bits per heavy atom. The van der Waals surface area contributed by atoms with Crippen LogP contribution in [-0.4, -0.2) is 20.9 Å². The average molecular weight is 396 g/mol. The topological polar surface area (TPSA) is 80.3 Å². The summed E-state index contributed by atoms with van der Waals surface area (Å²) >= 11 is 17.2. The number of rotatable bonds is 5. The molecule has 0 saturated heterocycles. The molecule has 0 spiro atoms. The van der Waals surface area contributed by atoms with Gasteiger partial charge in [0.2, 0.25) is 5.89 Å². The van der Waals surface area contributed by atoms with E-state index in [-0.39, 0.29) is 23.0 Å². The molecule has 6 nitrogen and oxygen atoms in total. The number of benzene rings is 2. The van der Waals surface area contributed by atoms with Gasteiger partial charge in [-0.05, 0) is 42.5 Å². The molecule has 2 N–H and O–H groups in total. The largest absolute Gasteiger partial charge is 0.478 e. The van der Waals surface area contributed by atoms with Crippen LogP contribution in [0, 0.1) is 4.84 Å². The lowest BCUT2D eigenvalue weighted by Gasteiger charge is -2.08. The molecule has 25 heavy (non-hydrogen) atoms. The standard InChI is InChI=1S/C16H11Cl2N3O3S/c17-9-5-6-10(12(18)7-9)14-20-21(16(25)24-14)8-19-13-4-2-1-3-11(13)15(22)23/h1-7,19H,8H2,(H,22,23). The van der Waals surface area contributed by atoms with Crippen LogP contribution in [0.15, 0.2) is 46.9 Å². The van der Waals surface area contributed by atoms with Crippen LogP contribution in [0.3, 0.4) is 0 Å². The fraction of sp³-hybridized carbons (Fsp3) is 0.0625. The van der Waals surface area contributed by atoms with E-state index >= 15 is 0 Å². The number of carboxylic acid groups (broad SMARTS) is 1. The summed E-state index contributed by atoms with van der Waals surface area (Å²) in [4.78, 5) is 11.4. The van der Waals surface area contributed by atoms with Gasteiger partial charge >= 0.3 is 5.97 Å². The van der Waals surface area contributed by atoms with Crippen molar-refractivity contribution in [3.63, 3.8) is 0 Å². The Hall–Kier alpha value is -2.35. The zero-order chi connectivity index (χ0) is 18.0. The van der Waals surface area contributed by atoms with Gasteiger partial charge in [0.15, 0.2) is 0 Å². The van der Waals surface area contributed by atoms with E-state index in [4.69, 9.17) is 39.8 Å². The highest BCUT2D eigenvalue weighted by atomic mass is 35.5. The lowest BCUT2D eigenvalue weighted by molar-refractivity contribution is 0.0698. The minimum atomic E-state index is -1.03. The van der Waals surface area contributed by atoms with Crippen LogP contribution in [0.1, 0.15) is 10.4 Å². The molecule has 0 aliphatic heterocycles. The van der Waals surface area contributed by atoms with Crippen molar-refractivity contribution < 1.29 is 14.3 Å². The predicted molar refractivity (Wildman–Crippen MR) is 97.8 cm³/mol. The van der Waals surface area contributed by atoms with E-state index in [2.05, 4.69) is 10.4 Å². The van der Waals surface area contributed by atoms with Crippen LogP contribution < -0.4 is 5.32 Å². The first-order chi connectivity index (χ1) is 12.0. The molecule has 1 aromatic heterocycles. The Kier molecular flexibility index (Phi) is 5.08. The Morgan fingerprint density at radius 2 is 2.04 bits per heavy atom.